The van der Waals surface area contributed by atoms with E-state index in [9.17, 15) is 21.0 Å². The van der Waals surface area contributed by atoms with E-state index in [-0.39, 0.29) is 16.9 Å². The molecule has 2 aromatic carbocycles. The number of allylic oxidation sites excluding steroid dienone is 4. The van der Waals surface area contributed by atoms with Crippen molar-refractivity contribution in [3.63, 3.8) is 0 Å². The summed E-state index contributed by atoms with van der Waals surface area (Å²) in [6.07, 6.45) is 0. The third-order valence-electron chi connectivity index (χ3n) is 4.49. The van der Waals surface area contributed by atoms with Gasteiger partial charge >= 0.3 is 0 Å². The minimum Gasteiger partial charge on any atom is -0.378 e. The minimum atomic E-state index is -0.119. The maximum atomic E-state index is 9.50. The van der Waals surface area contributed by atoms with Crippen molar-refractivity contribution in [2.24, 2.45) is 4.99 Å². The molecule has 0 spiro atoms. The number of anilines is 1. The molecule has 1 aliphatic rings. The second-order valence-electron chi connectivity index (χ2n) is 6.36. The molecule has 2 aromatic rings. The molecule has 0 saturated carbocycles. The SMILES string of the molecule is CN(C)c1ccc(N=C2C(=C(C#N)C#N)c3ccccc3C2=C(C#N)C#N)cc1. The molecule has 1 aliphatic carbocycles. The van der Waals surface area contributed by atoms with Gasteiger partial charge in [0.1, 0.15) is 35.4 Å². The second kappa shape index (κ2) is 7.93. The van der Waals surface area contributed by atoms with Gasteiger partial charge in [-0.1, -0.05) is 24.3 Å². The maximum absolute atomic E-state index is 9.50. The Morgan fingerprint density at radius 3 is 1.55 bits per heavy atom. The monoisotopic (exact) mass is 374 g/mol. The van der Waals surface area contributed by atoms with Crippen LogP contribution in [-0.4, -0.2) is 19.8 Å². The third-order valence-corrected chi connectivity index (χ3v) is 4.49. The van der Waals surface area contributed by atoms with Crippen LogP contribution in [0.1, 0.15) is 11.1 Å². The number of nitriles is 4. The van der Waals surface area contributed by atoms with Crippen LogP contribution in [0.2, 0.25) is 0 Å². The Bertz CT molecular complexity index is 1140. The van der Waals surface area contributed by atoms with Crippen LogP contribution in [0.5, 0.6) is 0 Å². The number of aliphatic imine (C=N–C) groups is 1. The summed E-state index contributed by atoms with van der Waals surface area (Å²) in [5, 5.41) is 38.0. The zero-order chi connectivity index (χ0) is 21.0. The summed E-state index contributed by atoms with van der Waals surface area (Å²) in [4.78, 5) is 6.60. The largest absolute Gasteiger partial charge is 0.378 e. The molecule has 0 radical (unpaired) electrons. The van der Waals surface area contributed by atoms with E-state index in [1.54, 1.807) is 36.4 Å². The molecule has 6 nitrogen and oxygen atoms in total. The van der Waals surface area contributed by atoms with Crippen LogP contribution in [-0.2, 0) is 0 Å². The van der Waals surface area contributed by atoms with Crippen LogP contribution in [0, 0.1) is 45.3 Å². The molecular weight excluding hydrogens is 360 g/mol. The topological polar surface area (TPSA) is 111 Å². The van der Waals surface area contributed by atoms with Crippen LogP contribution >= 0.6 is 0 Å². The first-order valence-electron chi connectivity index (χ1n) is 8.61. The van der Waals surface area contributed by atoms with Crippen molar-refractivity contribution in [3.8, 4) is 24.3 Å². The molecular formula is C23H14N6. The lowest BCUT2D eigenvalue weighted by atomic mass is 10.0. The fourth-order valence-electron chi connectivity index (χ4n) is 3.15. The predicted octanol–water partition coefficient (Wildman–Crippen LogP) is 4.14. The number of nitrogens with zero attached hydrogens (tertiary/aromatic N) is 6. The molecule has 0 atom stereocenters. The van der Waals surface area contributed by atoms with Crippen molar-refractivity contribution >= 4 is 28.2 Å². The minimum absolute atomic E-state index is 0.119. The van der Waals surface area contributed by atoms with Gasteiger partial charge in [-0.25, -0.2) is 4.99 Å². The molecule has 0 aromatic heterocycles. The van der Waals surface area contributed by atoms with Crippen molar-refractivity contribution < 1.29 is 0 Å². The Labute approximate surface area is 168 Å². The molecule has 0 saturated heterocycles. The lowest BCUT2D eigenvalue weighted by Gasteiger charge is -2.12. The molecule has 0 heterocycles. The van der Waals surface area contributed by atoms with Crippen molar-refractivity contribution in [3.05, 3.63) is 70.8 Å². The first kappa shape index (κ1) is 19.1. The lowest BCUT2D eigenvalue weighted by Crippen LogP contribution is -2.07. The zero-order valence-corrected chi connectivity index (χ0v) is 15.8. The standard InChI is InChI=1S/C23H14N6/c1-29(2)18-9-7-17(8-10-18)28-23-21(15(11-24)12-25)19-5-3-4-6-20(19)22(23)16(13-26)14-27/h3-10H,1-2H3. The molecule has 136 valence electrons. The van der Waals surface area contributed by atoms with Crippen LogP contribution < -0.4 is 4.90 Å². The van der Waals surface area contributed by atoms with Gasteiger partial charge in [0.25, 0.3) is 0 Å². The van der Waals surface area contributed by atoms with E-state index in [2.05, 4.69) is 4.99 Å². The van der Waals surface area contributed by atoms with E-state index < -0.39 is 0 Å². The summed E-state index contributed by atoms with van der Waals surface area (Å²) in [6.45, 7) is 0. The lowest BCUT2D eigenvalue weighted by molar-refractivity contribution is 1.13. The van der Waals surface area contributed by atoms with E-state index in [0.29, 0.717) is 28.0 Å². The third kappa shape index (κ3) is 3.35. The average Bonchev–Trinajstić information content (AvgIpc) is 3.05. The van der Waals surface area contributed by atoms with Crippen molar-refractivity contribution in [1.82, 2.24) is 0 Å². The van der Waals surface area contributed by atoms with E-state index in [1.807, 2.05) is 55.4 Å². The zero-order valence-electron chi connectivity index (χ0n) is 15.8. The summed E-state index contributed by atoms with van der Waals surface area (Å²) < 4.78 is 0. The van der Waals surface area contributed by atoms with Gasteiger partial charge in [-0.2, -0.15) is 21.0 Å². The van der Waals surface area contributed by atoms with Crippen LogP contribution in [0.4, 0.5) is 11.4 Å². The summed E-state index contributed by atoms with van der Waals surface area (Å²) in [7, 11) is 3.85. The van der Waals surface area contributed by atoms with E-state index in [1.165, 1.54) is 0 Å². The average molecular weight is 374 g/mol. The van der Waals surface area contributed by atoms with Crippen LogP contribution in [0.25, 0.3) is 11.1 Å². The van der Waals surface area contributed by atoms with Gasteiger partial charge in [0.15, 0.2) is 0 Å². The highest BCUT2D eigenvalue weighted by Crippen LogP contribution is 2.42. The smallest absolute Gasteiger partial charge is 0.139 e. The fraction of sp³-hybridized carbons (Fsp3) is 0.0870. The highest BCUT2D eigenvalue weighted by molar-refractivity contribution is 6.52. The maximum Gasteiger partial charge on any atom is 0.139 e. The number of rotatable bonds is 2. The molecule has 0 fully saturated rings. The Hall–Kier alpha value is -4.65. The van der Waals surface area contributed by atoms with Crippen LogP contribution in [0.3, 0.4) is 0 Å². The first-order chi connectivity index (χ1) is 14.0. The summed E-state index contributed by atoms with van der Waals surface area (Å²) >= 11 is 0. The Kier molecular flexibility index (Phi) is 5.23. The van der Waals surface area contributed by atoms with Crippen molar-refractivity contribution in [1.29, 1.82) is 21.0 Å². The Balaban J connectivity index is 2.38. The Morgan fingerprint density at radius 1 is 0.724 bits per heavy atom. The van der Waals surface area contributed by atoms with E-state index in [0.717, 1.165) is 5.69 Å². The Morgan fingerprint density at radius 2 is 1.17 bits per heavy atom. The highest BCUT2D eigenvalue weighted by Gasteiger charge is 2.33. The van der Waals surface area contributed by atoms with Crippen LogP contribution in [0.15, 0.2) is 64.7 Å². The molecule has 0 amide bonds. The van der Waals surface area contributed by atoms with E-state index >= 15 is 0 Å². The summed E-state index contributed by atoms with van der Waals surface area (Å²) in [5.74, 6) is 0. The molecule has 0 unspecified atom stereocenters. The molecule has 6 heteroatoms. The number of benzene rings is 2. The van der Waals surface area contributed by atoms with Gasteiger partial charge in [0.2, 0.25) is 0 Å². The predicted molar refractivity (Wildman–Crippen MR) is 111 cm³/mol. The van der Waals surface area contributed by atoms with Gasteiger partial charge in [0.05, 0.1) is 11.4 Å². The van der Waals surface area contributed by atoms with Gasteiger partial charge in [-0.3, -0.25) is 0 Å². The molecule has 0 aliphatic heterocycles. The quantitative estimate of drug-likeness (QED) is 0.734. The summed E-state index contributed by atoms with van der Waals surface area (Å²) in [5.41, 5.74) is 3.48. The second-order valence-corrected chi connectivity index (χ2v) is 6.36. The van der Waals surface area contributed by atoms with Crippen molar-refractivity contribution in [2.75, 3.05) is 19.0 Å². The molecule has 0 bridgehead atoms. The van der Waals surface area contributed by atoms with Crippen molar-refractivity contribution in [2.45, 2.75) is 0 Å². The highest BCUT2D eigenvalue weighted by atomic mass is 15.1. The normalized spacial score (nSPS) is 11.4. The fourth-order valence-corrected chi connectivity index (χ4v) is 3.15. The first-order valence-corrected chi connectivity index (χ1v) is 8.61. The number of hydrogen-bond donors (Lipinski definition) is 0. The van der Waals surface area contributed by atoms with Gasteiger partial charge in [0, 0.05) is 30.9 Å². The van der Waals surface area contributed by atoms with Gasteiger partial charge < -0.3 is 4.90 Å². The van der Waals surface area contributed by atoms with Gasteiger partial charge in [-0.05, 0) is 35.4 Å². The molecule has 3 rings (SSSR count). The van der Waals surface area contributed by atoms with Gasteiger partial charge in [-0.15, -0.1) is 0 Å². The molecule has 0 N–H and O–H groups in total. The summed E-state index contributed by atoms with van der Waals surface area (Å²) in [6, 6.07) is 22.1. The number of fused-ring (bicyclic) bond motifs is 1. The molecule has 29 heavy (non-hydrogen) atoms. The number of hydrogen-bond acceptors (Lipinski definition) is 6. The van der Waals surface area contributed by atoms with E-state index in [4.69, 9.17) is 0 Å².